The minimum Gasteiger partial charge on any atom is -0.494 e. The Labute approximate surface area is 99.1 Å². The van der Waals surface area contributed by atoms with Gasteiger partial charge >= 0.3 is 5.97 Å². The quantitative estimate of drug-likeness (QED) is 0.778. The number of hydrogen-bond acceptors (Lipinski definition) is 4. The summed E-state index contributed by atoms with van der Waals surface area (Å²) in [6, 6.07) is 3.39. The number of nitrogen functional groups attached to an aromatic ring is 1. The molecular weight excluding hydrogens is 222 g/mol. The van der Waals surface area contributed by atoms with Crippen LogP contribution < -0.4 is 10.5 Å². The van der Waals surface area contributed by atoms with Gasteiger partial charge in [-0.05, 0) is 24.1 Å². The fourth-order valence-corrected chi connectivity index (χ4v) is 2.09. The van der Waals surface area contributed by atoms with Crippen LogP contribution in [0, 0.1) is 0 Å². The molecule has 1 heterocycles. The third-order valence-electron chi connectivity index (χ3n) is 2.98. The summed E-state index contributed by atoms with van der Waals surface area (Å²) in [5, 5.41) is 9.12. The van der Waals surface area contributed by atoms with Crippen molar-refractivity contribution in [3.8, 4) is 5.75 Å². The molecule has 0 spiro atoms. The number of methoxy groups -OCH3 is 1. The van der Waals surface area contributed by atoms with Crippen LogP contribution >= 0.6 is 0 Å². The topological polar surface area (TPSA) is 81.8 Å². The first-order chi connectivity index (χ1) is 8.13. The highest BCUT2D eigenvalue weighted by Crippen LogP contribution is 2.33. The molecule has 5 nitrogen and oxygen atoms in total. The molecule has 1 aromatic carbocycles. The molecule has 0 aromatic heterocycles. The minimum absolute atomic E-state index is 0.106. The van der Waals surface area contributed by atoms with Crippen molar-refractivity contribution in [1.82, 2.24) is 0 Å². The lowest BCUT2D eigenvalue weighted by molar-refractivity contribution is 0.0693. The number of anilines is 1. The van der Waals surface area contributed by atoms with Crippen LogP contribution in [0.15, 0.2) is 12.1 Å². The number of carboxylic acid groups (broad SMARTS) is 1. The summed E-state index contributed by atoms with van der Waals surface area (Å²) in [6.45, 7) is 1.32. The van der Waals surface area contributed by atoms with E-state index in [0.717, 1.165) is 12.0 Å². The van der Waals surface area contributed by atoms with Gasteiger partial charge in [0.1, 0.15) is 5.56 Å². The van der Waals surface area contributed by atoms with Crippen molar-refractivity contribution >= 4 is 11.7 Å². The van der Waals surface area contributed by atoms with E-state index in [1.54, 1.807) is 12.1 Å². The smallest absolute Gasteiger partial charge is 0.339 e. The molecule has 2 rings (SSSR count). The largest absolute Gasteiger partial charge is 0.494 e. The van der Waals surface area contributed by atoms with Gasteiger partial charge in [-0.15, -0.1) is 0 Å². The van der Waals surface area contributed by atoms with Crippen molar-refractivity contribution in [2.24, 2.45) is 0 Å². The van der Waals surface area contributed by atoms with E-state index < -0.39 is 5.97 Å². The molecule has 1 aliphatic heterocycles. The Morgan fingerprint density at radius 1 is 1.59 bits per heavy atom. The molecule has 0 saturated carbocycles. The number of aromatic carboxylic acids is 1. The van der Waals surface area contributed by atoms with Crippen LogP contribution in [-0.4, -0.2) is 31.4 Å². The second-order valence-corrected chi connectivity index (χ2v) is 4.06. The van der Waals surface area contributed by atoms with E-state index in [9.17, 15) is 4.79 Å². The highest BCUT2D eigenvalue weighted by Gasteiger charge is 2.22. The summed E-state index contributed by atoms with van der Waals surface area (Å²) in [6.07, 6.45) is 0.894. The van der Waals surface area contributed by atoms with E-state index in [1.165, 1.54) is 7.11 Å². The van der Waals surface area contributed by atoms with Crippen molar-refractivity contribution in [2.75, 3.05) is 26.1 Å². The van der Waals surface area contributed by atoms with Crippen LogP contribution in [0.4, 0.5) is 5.69 Å². The Kier molecular flexibility index (Phi) is 3.19. The van der Waals surface area contributed by atoms with Gasteiger partial charge in [0.15, 0.2) is 5.75 Å². The molecule has 17 heavy (non-hydrogen) atoms. The van der Waals surface area contributed by atoms with Crippen LogP contribution in [0.3, 0.4) is 0 Å². The molecule has 0 radical (unpaired) electrons. The predicted molar refractivity (Wildman–Crippen MR) is 62.5 cm³/mol. The van der Waals surface area contributed by atoms with Crippen molar-refractivity contribution < 1.29 is 19.4 Å². The highest BCUT2D eigenvalue weighted by atomic mass is 16.5. The third kappa shape index (κ3) is 2.19. The van der Waals surface area contributed by atoms with E-state index in [-0.39, 0.29) is 17.2 Å². The van der Waals surface area contributed by atoms with Gasteiger partial charge in [-0.3, -0.25) is 0 Å². The molecule has 1 unspecified atom stereocenters. The summed E-state index contributed by atoms with van der Waals surface area (Å²) in [5.41, 5.74) is 7.17. The Bertz CT molecular complexity index is 438. The molecule has 5 heteroatoms. The average molecular weight is 237 g/mol. The minimum atomic E-state index is -1.03. The zero-order valence-corrected chi connectivity index (χ0v) is 9.60. The second-order valence-electron chi connectivity index (χ2n) is 4.06. The van der Waals surface area contributed by atoms with E-state index in [2.05, 4.69) is 0 Å². The first-order valence-electron chi connectivity index (χ1n) is 5.42. The number of hydrogen-bond donors (Lipinski definition) is 2. The monoisotopic (exact) mass is 237 g/mol. The zero-order valence-electron chi connectivity index (χ0n) is 9.60. The van der Waals surface area contributed by atoms with Gasteiger partial charge in [0.2, 0.25) is 0 Å². The average Bonchev–Trinajstić information content (AvgIpc) is 2.81. The molecule has 92 valence electrons. The van der Waals surface area contributed by atoms with Crippen molar-refractivity contribution in [1.29, 1.82) is 0 Å². The van der Waals surface area contributed by atoms with Crippen LogP contribution in [0.25, 0.3) is 0 Å². The van der Waals surface area contributed by atoms with Gasteiger partial charge < -0.3 is 20.3 Å². The molecule has 0 aliphatic carbocycles. The second kappa shape index (κ2) is 4.63. The molecule has 1 saturated heterocycles. The lowest BCUT2D eigenvalue weighted by atomic mass is 9.95. The van der Waals surface area contributed by atoms with Crippen LogP contribution in [0.2, 0.25) is 0 Å². The van der Waals surface area contributed by atoms with E-state index in [1.807, 2.05) is 0 Å². The molecule has 1 atom stereocenters. The van der Waals surface area contributed by atoms with Crippen molar-refractivity contribution in [3.63, 3.8) is 0 Å². The molecule has 0 amide bonds. The van der Waals surface area contributed by atoms with Crippen LogP contribution in [-0.2, 0) is 4.74 Å². The summed E-state index contributed by atoms with van der Waals surface area (Å²) >= 11 is 0. The summed E-state index contributed by atoms with van der Waals surface area (Å²) in [5.74, 6) is -0.587. The fraction of sp³-hybridized carbons (Fsp3) is 0.417. The number of benzene rings is 1. The van der Waals surface area contributed by atoms with Gasteiger partial charge in [0.05, 0.1) is 19.4 Å². The van der Waals surface area contributed by atoms with Gasteiger partial charge in [0, 0.05) is 12.5 Å². The highest BCUT2D eigenvalue weighted by molar-refractivity contribution is 5.93. The maximum Gasteiger partial charge on any atom is 0.339 e. The Morgan fingerprint density at radius 3 is 2.88 bits per heavy atom. The van der Waals surface area contributed by atoms with E-state index in [4.69, 9.17) is 20.3 Å². The Morgan fingerprint density at radius 2 is 2.35 bits per heavy atom. The summed E-state index contributed by atoms with van der Waals surface area (Å²) in [4.78, 5) is 11.1. The van der Waals surface area contributed by atoms with Crippen LogP contribution in [0.1, 0.15) is 28.3 Å². The van der Waals surface area contributed by atoms with Crippen molar-refractivity contribution in [3.05, 3.63) is 23.3 Å². The molecule has 0 bridgehead atoms. The standard InChI is InChI=1S/C12H15NO4/c1-16-11-9(12(14)15)4-8(5-10(11)13)7-2-3-17-6-7/h4-5,7H,2-3,6,13H2,1H3,(H,14,15). The SMILES string of the molecule is COc1c(N)cc(C2CCOC2)cc1C(=O)O. The molecule has 1 aliphatic rings. The molecular formula is C12H15NO4. The van der Waals surface area contributed by atoms with Crippen LogP contribution in [0.5, 0.6) is 5.75 Å². The van der Waals surface area contributed by atoms with E-state index in [0.29, 0.717) is 18.9 Å². The maximum absolute atomic E-state index is 11.1. The molecule has 1 aromatic rings. The first-order valence-corrected chi connectivity index (χ1v) is 5.42. The zero-order chi connectivity index (χ0) is 12.4. The van der Waals surface area contributed by atoms with Crippen molar-refractivity contribution in [2.45, 2.75) is 12.3 Å². The number of carbonyl (C=O) groups is 1. The maximum atomic E-state index is 11.1. The molecule has 3 N–H and O–H groups in total. The number of carboxylic acids is 1. The van der Waals surface area contributed by atoms with Gasteiger partial charge in [-0.25, -0.2) is 4.79 Å². The summed E-state index contributed by atoms with van der Waals surface area (Å²) in [7, 11) is 1.41. The fourth-order valence-electron chi connectivity index (χ4n) is 2.09. The van der Waals surface area contributed by atoms with Gasteiger partial charge in [0.25, 0.3) is 0 Å². The normalized spacial score (nSPS) is 19.2. The number of nitrogens with two attached hydrogens (primary N) is 1. The lowest BCUT2D eigenvalue weighted by Crippen LogP contribution is -2.07. The summed E-state index contributed by atoms with van der Waals surface area (Å²) < 4.78 is 10.3. The van der Waals surface area contributed by atoms with Gasteiger partial charge in [-0.1, -0.05) is 0 Å². The molecule has 1 fully saturated rings. The Balaban J connectivity index is 2.45. The third-order valence-corrected chi connectivity index (χ3v) is 2.98. The number of ether oxygens (including phenoxy) is 2. The predicted octanol–water partition coefficient (Wildman–Crippen LogP) is 1.48. The first kappa shape index (κ1) is 11.7. The van der Waals surface area contributed by atoms with E-state index >= 15 is 0 Å². The lowest BCUT2D eigenvalue weighted by Gasteiger charge is -2.14. The van der Waals surface area contributed by atoms with Gasteiger partial charge in [-0.2, -0.15) is 0 Å². The Hall–Kier alpha value is -1.75. The number of rotatable bonds is 3.